The molecule has 1 amide bonds. The zero-order valence-corrected chi connectivity index (χ0v) is 17.8. The van der Waals surface area contributed by atoms with Crippen LogP contribution in [0, 0.1) is 6.92 Å². The van der Waals surface area contributed by atoms with Crippen LogP contribution in [0.5, 0.6) is 0 Å². The Kier molecular flexibility index (Phi) is 5.72. The molecule has 0 unspecified atom stereocenters. The molecule has 0 aliphatic carbocycles. The van der Waals surface area contributed by atoms with E-state index < -0.39 is 0 Å². The van der Waals surface area contributed by atoms with E-state index in [-0.39, 0.29) is 11.2 Å². The van der Waals surface area contributed by atoms with Crippen molar-refractivity contribution in [1.82, 2.24) is 14.8 Å². The fourth-order valence-corrected chi connectivity index (χ4v) is 3.99. The first-order chi connectivity index (χ1) is 14.5. The summed E-state index contributed by atoms with van der Waals surface area (Å²) in [6, 6.07) is 19.7. The van der Waals surface area contributed by atoms with Crippen molar-refractivity contribution in [2.75, 3.05) is 5.32 Å². The number of nitrogens with zero attached hydrogens (tertiary/aromatic N) is 3. The molecule has 2 heterocycles. The molecule has 0 radical (unpaired) electrons. The summed E-state index contributed by atoms with van der Waals surface area (Å²) in [6.45, 7) is 3.75. The Balaban J connectivity index is 1.50. The number of amides is 1. The molecule has 0 bridgehead atoms. The highest BCUT2D eigenvalue weighted by Crippen LogP contribution is 2.30. The lowest BCUT2D eigenvalue weighted by atomic mass is 10.0. The maximum Gasteiger partial charge on any atom is 0.237 e. The molecule has 0 spiro atoms. The molecule has 7 heteroatoms. The van der Waals surface area contributed by atoms with Crippen molar-refractivity contribution < 1.29 is 9.21 Å². The normalized spacial score (nSPS) is 12.0. The highest BCUT2D eigenvalue weighted by molar-refractivity contribution is 8.00. The van der Waals surface area contributed by atoms with E-state index in [2.05, 4.69) is 15.5 Å². The van der Waals surface area contributed by atoms with Gasteiger partial charge in [0, 0.05) is 18.3 Å². The Morgan fingerprint density at radius 2 is 1.77 bits per heavy atom. The summed E-state index contributed by atoms with van der Waals surface area (Å²) in [7, 11) is 1.89. The Hall–Kier alpha value is -3.32. The molecule has 0 saturated heterocycles. The molecule has 2 aromatic carbocycles. The highest BCUT2D eigenvalue weighted by atomic mass is 32.2. The summed E-state index contributed by atoms with van der Waals surface area (Å²) in [5, 5.41) is 11.9. The number of hydrogen-bond donors (Lipinski definition) is 1. The Labute approximate surface area is 179 Å². The Morgan fingerprint density at radius 3 is 2.50 bits per heavy atom. The van der Waals surface area contributed by atoms with Crippen molar-refractivity contribution in [2.24, 2.45) is 7.05 Å². The third kappa shape index (κ3) is 4.02. The molecular weight excluding hydrogens is 396 g/mol. The average Bonchev–Trinajstić information content (AvgIpc) is 3.34. The van der Waals surface area contributed by atoms with Crippen molar-refractivity contribution in [3.05, 3.63) is 72.7 Å². The molecule has 4 aromatic rings. The van der Waals surface area contributed by atoms with Gasteiger partial charge in [-0.3, -0.25) is 4.79 Å². The van der Waals surface area contributed by atoms with Crippen LogP contribution in [0.4, 0.5) is 5.69 Å². The number of furan rings is 1. The molecule has 0 fully saturated rings. The summed E-state index contributed by atoms with van der Waals surface area (Å²) in [5.41, 5.74) is 3.72. The van der Waals surface area contributed by atoms with Crippen LogP contribution >= 0.6 is 11.8 Å². The van der Waals surface area contributed by atoms with E-state index in [9.17, 15) is 4.79 Å². The summed E-state index contributed by atoms with van der Waals surface area (Å²) < 4.78 is 7.24. The molecule has 0 saturated carbocycles. The largest absolute Gasteiger partial charge is 0.469 e. The van der Waals surface area contributed by atoms with Crippen molar-refractivity contribution in [1.29, 1.82) is 0 Å². The van der Waals surface area contributed by atoms with E-state index in [0.29, 0.717) is 11.0 Å². The fourth-order valence-electron chi connectivity index (χ4n) is 3.18. The monoisotopic (exact) mass is 418 g/mol. The first-order valence-corrected chi connectivity index (χ1v) is 10.5. The topological polar surface area (TPSA) is 72.9 Å². The minimum absolute atomic E-state index is 0.0903. The average molecular weight is 419 g/mol. The first-order valence-electron chi connectivity index (χ1n) is 9.60. The molecule has 1 atom stereocenters. The minimum Gasteiger partial charge on any atom is -0.469 e. The summed E-state index contributed by atoms with van der Waals surface area (Å²) >= 11 is 1.37. The lowest BCUT2D eigenvalue weighted by Crippen LogP contribution is -2.23. The second kappa shape index (κ2) is 8.59. The quantitative estimate of drug-likeness (QED) is 0.437. The predicted molar refractivity (Wildman–Crippen MR) is 119 cm³/mol. The van der Waals surface area contributed by atoms with Gasteiger partial charge in [0.2, 0.25) is 5.91 Å². The number of anilines is 1. The standard InChI is InChI=1S/C23H22N4O2S/c1-15-18(13-14-29-15)21-25-26-23(27(21)3)30-16(2)22(28)24-20-12-8-7-11-19(20)17-9-5-4-6-10-17/h4-14,16H,1-3H3,(H,24,28)/t16-/m1/s1. The van der Waals surface area contributed by atoms with Gasteiger partial charge in [0.05, 0.1) is 17.1 Å². The lowest BCUT2D eigenvalue weighted by Gasteiger charge is -2.14. The van der Waals surface area contributed by atoms with E-state index in [1.165, 1.54) is 11.8 Å². The number of hydrogen-bond acceptors (Lipinski definition) is 5. The van der Waals surface area contributed by atoms with Gasteiger partial charge in [-0.05, 0) is 31.5 Å². The fraction of sp³-hybridized carbons (Fsp3) is 0.174. The van der Waals surface area contributed by atoms with E-state index in [4.69, 9.17) is 4.42 Å². The number of aryl methyl sites for hydroxylation is 1. The second-order valence-electron chi connectivity index (χ2n) is 6.92. The van der Waals surface area contributed by atoms with Gasteiger partial charge in [0.25, 0.3) is 0 Å². The summed E-state index contributed by atoms with van der Waals surface area (Å²) in [5.74, 6) is 1.41. The van der Waals surface area contributed by atoms with E-state index in [1.54, 1.807) is 6.26 Å². The minimum atomic E-state index is -0.352. The number of benzene rings is 2. The van der Waals surface area contributed by atoms with Crippen molar-refractivity contribution in [3.8, 4) is 22.5 Å². The van der Waals surface area contributed by atoms with Gasteiger partial charge in [0.1, 0.15) is 5.76 Å². The first kappa shape index (κ1) is 20.0. The van der Waals surface area contributed by atoms with Crippen LogP contribution < -0.4 is 5.32 Å². The van der Waals surface area contributed by atoms with Gasteiger partial charge in [-0.15, -0.1) is 10.2 Å². The molecule has 0 aliphatic rings. The Bertz CT molecular complexity index is 1170. The van der Waals surface area contributed by atoms with E-state index in [1.807, 2.05) is 86.1 Å². The highest BCUT2D eigenvalue weighted by Gasteiger charge is 2.21. The molecule has 2 aromatic heterocycles. The van der Waals surface area contributed by atoms with Crippen LogP contribution in [0.25, 0.3) is 22.5 Å². The smallest absolute Gasteiger partial charge is 0.237 e. The van der Waals surface area contributed by atoms with Crippen molar-refractivity contribution in [3.63, 3.8) is 0 Å². The third-order valence-electron chi connectivity index (χ3n) is 4.86. The zero-order valence-electron chi connectivity index (χ0n) is 17.0. The van der Waals surface area contributed by atoms with E-state index >= 15 is 0 Å². The molecular formula is C23H22N4O2S. The van der Waals surface area contributed by atoms with Crippen LogP contribution in [0.1, 0.15) is 12.7 Å². The number of rotatable bonds is 6. The van der Waals surface area contributed by atoms with Gasteiger partial charge in [-0.1, -0.05) is 60.3 Å². The van der Waals surface area contributed by atoms with Gasteiger partial charge in [-0.2, -0.15) is 0 Å². The van der Waals surface area contributed by atoms with Crippen molar-refractivity contribution in [2.45, 2.75) is 24.3 Å². The lowest BCUT2D eigenvalue weighted by molar-refractivity contribution is -0.115. The van der Waals surface area contributed by atoms with Crippen molar-refractivity contribution >= 4 is 23.4 Å². The zero-order chi connectivity index (χ0) is 21.1. The summed E-state index contributed by atoms with van der Waals surface area (Å²) in [4.78, 5) is 12.9. The van der Waals surface area contributed by atoms with Crippen LogP contribution in [0.2, 0.25) is 0 Å². The van der Waals surface area contributed by atoms with Gasteiger partial charge >= 0.3 is 0 Å². The molecule has 4 rings (SSSR count). The molecule has 1 N–H and O–H groups in total. The number of carbonyl (C=O) groups is 1. The van der Waals surface area contributed by atoms with Gasteiger partial charge in [-0.25, -0.2) is 0 Å². The number of aromatic nitrogens is 3. The molecule has 152 valence electrons. The Morgan fingerprint density at radius 1 is 1.03 bits per heavy atom. The SMILES string of the molecule is Cc1occc1-c1nnc(S[C@H](C)C(=O)Nc2ccccc2-c2ccccc2)n1C. The number of carbonyl (C=O) groups excluding carboxylic acids is 1. The molecule has 0 aliphatic heterocycles. The summed E-state index contributed by atoms with van der Waals surface area (Å²) in [6.07, 6.45) is 1.63. The second-order valence-corrected chi connectivity index (χ2v) is 8.22. The van der Waals surface area contributed by atoms with Crippen LogP contribution in [0.15, 0.2) is 76.5 Å². The third-order valence-corrected chi connectivity index (χ3v) is 5.99. The van der Waals surface area contributed by atoms with Crippen LogP contribution in [-0.4, -0.2) is 25.9 Å². The van der Waals surface area contributed by atoms with E-state index in [0.717, 1.165) is 28.1 Å². The maximum atomic E-state index is 12.9. The van der Waals surface area contributed by atoms with Gasteiger partial charge in [0.15, 0.2) is 11.0 Å². The predicted octanol–water partition coefficient (Wildman–Crippen LogP) is 5.17. The number of thioether (sulfide) groups is 1. The van der Waals surface area contributed by atoms with Crippen LogP contribution in [0.3, 0.4) is 0 Å². The number of nitrogens with one attached hydrogen (secondary N) is 1. The number of para-hydroxylation sites is 1. The van der Waals surface area contributed by atoms with Crippen LogP contribution in [-0.2, 0) is 11.8 Å². The molecule has 6 nitrogen and oxygen atoms in total. The maximum absolute atomic E-state index is 12.9. The molecule has 30 heavy (non-hydrogen) atoms. The van der Waals surface area contributed by atoms with Gasteiger partial charge < -0.3 is 14.3 Å².